The van der Waals surface area contributed by atoms with Crippen molar-refractivity contribution in [1.82, 2.24) is 10.6 Å². The molecule has 3 rings (SSSR count). The van der Waals surface area contributed by atoms with Crippen LogP contribution in [-0.4, -0.2) is 44.7 Å². The standard InChI is InChI=1S/C21H25F2N3O5.HI/c1-3-24-21(26-11-16(27)13-5-4-6-15(7-13)28-2)25-10-14-8-18-19(30-12-29-18)9-17(14)31-20(22)23;/h4-9,16,20,27H,3,10-12H2,1-2H3,(H2,24,25,26);1H. The van der Waals surface area contributed by atoms with Crippen molar-refractivity contribution >= 4 is 29.9 Å². The monoisotopic (exact) mass is 565 g/mol. The van der Waals surface area contributed by atoms with Crippen molar-refractivity contribution in [2.75, 3.05) is 27.0 Å². The van der Waals surface area contributed by atoms with Gasteiger partial charge in [0.05, 0.1) is 19.8 Å². The first kappa shape index (κ1) is 25.7. The quantitative estimate of drug-likeness (QED) is 0.244. The minimum atomic E-state index is -2.98. The number of fused-ring (bicyclic) bond motifs is 1. The van der Waals surface area contributed by atoms with Crippen LogP contribution in [0, 0.1) is 0 Å². The molecule has 8 nitrogen and oxygen atoms in total. The molecule has 2 aromatic rings. The number of alkyl halides is 2. The van der Waals surface area contributed by atoms with Crippen LogP contribution in [0.15, 0.2) is 41.4 Å². The third-order valence-electron chi connectivity index (χ3n) is 4.46. The summed E-state index contributed by atoms with van der Waals surface area (Å²) < 4.78 is 45.9. The molecule has 176 valence electrons. The van der Waals surface area contributed by atoms with Crippen LogP contribution in [0.3, 0.4) is 0 Å². The van der Waals surface area contributed by atoms with Gasteiger partial charge >= 0.3 is 6.61 Å². The summed E-state index contributed by atoms with van der Waals surface area (Å²) in [5, 5.41) is 16.6. The first-order valence-electron chi connectivity index (χ1n) is 9.71. The molecule has 0 saturated heterocycles. The Morgan fingerprint density at radius 1 is 1.19 bits per heavy atom. The van der Waals surface area contributed by atoms with Crippen LogP contribution in [-0.2, 0) is 6.54 Å². The first-order chi connectivity index (χ1) is 15.0. The van der Waals surface area contributed by atoms with Gasteiger partial charge in [-0.05, 0) is 30.7 Å². The molecule has 0 fully saturated rings. The minimum Gasteiger partial charge on any atom is -0.497 e. The second-order valence-electron chi connectivity index (χ2n) is 6.56. The van der Waals surface area contributed by atoms with E-state index in [2.05, 4.69) is 20.4 Å². The molecule has 11 heteroatoms. The van der Waals surface area contributed by atoms with E-state index in [1.54, 1.807) is 37.4 Å². The highest BCUT2D eigenvalue weighted by atomic mass is 127. The molecule has 0 bridgehead atoms. The van der Waals surface area contributed by atoms with E-state index >= 15 is 0 Å². The number of hydrogen-bond acceptors (Lipinski definition) is 6. The van der Waals surface area contributed by atoms with Crippen molar-refractivity contribution in [2.45, 2.75) is 26.2 Å². The molecular formula is C21H26F2IN3O5. The molecule has 0 saturated carbocycles. The second kappa shape index (κ2) is 12.5. The molecule has 1 aliphatic heterocycles. The van der Waals surface area contributed by atoms with Crippen LogP contribution in [0.1, 0.15) is 24.2 Å². The maximum absolute atomic E-state index is 12.8. The fourth-order valence-corrected chi connectivity index (χ4v) is 2.96. The number of halogens is 3. The predicted octanol–water partition coefficient (Wildman–Crippen LogP) is 3.43. The highest BCUT2D eigenvalue weighted by Gasteiger charge is 2.20. The van der Waals surface area contributed by atoms with Gasteiger partial charge in [-0.1, -0.05) is 12.1 Å². The molecular weight excluding hydrogens is 539 g/mol. The molecule has 1 atom stereocenters. The Hall–Kier alpha value is -2.54. The van der Waals surface area contributed by atoms with Crippen LogP contribution >= 0.6 is 24.0 Å². The van der Waals surface area contributed by atoms with Gasteiger partial charge in [0.1, 0.15) is 11.5 Å². The summed E-state index contributed by atoms with van der Waals surface area (Å²) in [5.41, 5.74) is 1.10. The van der Waals surface area contributed by atoms with Gasteiger partial charge in [-0.15, -0.1) is 24.0 Å². The predicted molar refractivity (Wildman–Crippen MR) is 125 cm³/mol. The average molecular weight is 565 g/mol. The number of aliphatic imine (C=N–C) groups is 1. The number of benzene rings is 2. The van der Waals surface area contributed by atoms with E-state index in [1.165, 1.54) is 6.07 Å². The maximum Gasteiger partial charge on any atom is 0.387 e. The Bertz CT molecular complexity index is 917. The van der Waals surface area contributed by atoms with Crippen LogP contribution in [0.25, 0.3) is 0 Å². The van der Waals surface area contributed by atoms with Gasteiger partial charge in [-0.25, -0.2) is 4.99 Å². The van der Waals surface area contributed by atoms with Crippen molar-refractivity contribution in [3.63, 3.8) is 0 Å². The van der Waals surface area contributed by atoms with Crippen LogP contribution in [0.5, 0.6) is 23.0 Å². The molecule has 0 amide bonds. The zero-order valence-electron chi connectivity index (χ0n) is 17.6. The number of aliphatic hydroxyl groups excluding tert-OH is 1. The van der Waals surface area contributed by atoms with Gasteiger partial charge in [0.2, 0.25) is 6.79 Å². The van der Waals surface area contributed by atoms with Gasteiger partial charge in [0.15, 0.2) is 17.5 Å². The Labute approximate surface area is 201 Å². The second-order valence-corrected chi connectivity index (χ2v) is 6.56. The smallest absolute Gasteiger partial charge is 0.387 e. The fourth-order valence-electron chi connectivity index (χ4n) is 2.96. The van der Waals surface area contributed by atoms with E-state index in [9.17, 15) is 13.9 Å². The van der Waals surface area contributed by atoms with Crippen molar-refractivity contribution in [1.29, 1.82) is 0 Å². The van der Waals surface area contributed by atoms with Crippen molar-refractivity contribution in [3.8, 4) is 23.0 Å². The SMILES string of the molecule is CCNC(=NCc1cc2c(cc1OC(F)F)OCO2)NCC(O)c1cccc(OC)c1.I. The molecule has 0 aromatic heterocycles. The molecule has 1 unspecified atom stereocenters. The van der Waals surface area contributed by atoms with E-state index in [4.69, 9.17) is 14.2 Å². The minimum absolute atomic E-state index is 0. The van der Waals surface area contributed by atoms with E-state index in [0.717, 1.165) is 0 Å². The number of methoxy groups -OCH3 is 1. The summed E-state index contributed by atoms with van der Waals surface area (Å²) in [6, 6.07) is 10.1. The maximum atomic E-state index is 12.8. The molecule has 0 aliphatic carbocycles. The summed E-state index contributed by atoms with van der Waals surface area (Å²) in [6.45, 7) is -0.274. The van der Waals surface area contributed by atoms with E-state index in [1.807, 2.05) is 6.92 Å². The van der Waals surface area contributed by atoms with Crippen LogP contribution in [0.2, 0.25) is 0 Å². The normalized spacial score (nSPS) is 13.4. The van der Waals surface area contributed by atoms with Gasteiger partial charge < -0.3 is 34.7 Å². The highest BCUT2D eigenvalue weighted by Crippen LogP contribution is 2.39. The molecule has 32 heavy (non-hydrogen) atoms. The topological polar surface area (TPSA) is 93.6 Å². The molecule has 2 aromatic carbocycles. The number of nitrogens with zero attached hydrogens (tertiary/aromatic N) is 1. The summed E-state index contributed by atoms with van der Waals surface area (Å²) in [7, 11) is 1.56. The molecule has 0 radical (unpaired) electrons. The number of rotatable bonds is 9. The Morgan fingerprint density at radius 2 is 1.94 bits per heavy atom. The molecule has 1 aliphatic rings. The number of hydrogen-bond donors (Lipinski definition) is 3. The van der Waals surface area contributed by atoms with Gasteiger partial charge in [-0.3, -0.25) is 0 Å². The number of aliphatic hydroxyl groups is 1. The summed E-state index contributed by atoms with van der Waals surface area (Å²) in [5.74, 6) is 1.81. The number of ether oxygens (including phenoxy) is 4. The first-order valence-corrected chi connectivity index (χ1v) is 9.71. The van der Waals surface area contributed by atoms with Crippen molar-refractivity contribution in [2.24, 2.45) is 4.99 Å². The average Bonchev–Trinajstić information content (AvgIpc) is 3.22. The van der Waals surface area contributed by atoms with Crippen LogP contribution in [0.4, 0.5) is 8.78 Å². The van der Waals surface area contributed by atoms with Crippen molar-refractivity contribution < 1.29 is 32.8 Å². The lowest BCUT2D eigenvalue weighted by Crippen LogP contribution is -2.39. The molecule has 3 N–H and O–H groups in total. The Morgan fingerprint density at radius 3 is 2.62 bits per heavy atom. The molecule has 0 spiro atoms. The van der Waals surface area contributed by atoms with E-state index < -0.39 is 12.7 Å². The number of nitrogens with one attached hydrogen (secondary N) is 2. The zero-order valence-corrected chi connectivity index (χ0v) is 20.0. The number of guanidine groups is 1. The molecule has 1 heterocycles. The lowest BCUT2D eigenvalue weighted by molar-refractivity contribution is -0.0505. The van der Waals surface area contributed by atoms with Crippen LogP contribution < -0.4 is 29.6 Å². The Kier molecular flexibility index (Phi) is 10.0. The zero-order chi connectivity index (χ0) is 22.2. The summed E-state index contributed by atoms with van der Waals surface area (Å²) in [4.78, 5) is 4.41. The third-order valence-corrected chi connectivity index (χ3v) is 4.46. The summed E-state index contributed by atoms with van der Waals surface area (Å²) >= 11 is 0. The van der Waals surface area contributed by atoms with E-state index in [0.29, 0.717) is 40.9 Å². The largest absolute Gasteiger partial charge is 0.497 e. The van der Waals surface area contributed by atoms with Gasteiger partial charge in [0.25, 0.3) is 0 Å². The third kappa shape index (κ3) is 6.99. The lowest BCUT2D eigenvalue weighted by Gasteiger charge is -2.16. The fraction of sp³-hybridized carbons (Fsp3) is 0.381. The summed E-state index contributed by atoms with van der Waals surface area (Å²) in [6.07, 6.45) is -0.803. The lowest BCUT2D eigenvalue weighted by atomic mass is 10.1. The van der Waals surface area contributed by atoms with Gasteiger partial charge in [-0.2, -0.15) is 8.78 Å². The Balaban J connectivity index is 0.00000363. The van der Waals surface area contributed by atoms with Gasteiger partial charge in [0, 0.05) is 24.7 Å². The van der Waals surface area contributed by atoms with E-state index in [-0.39, 0.29) is 49.6 Å². The van der Waals surface area contributed by atoms with Crippen molar-refractivity contribution in [3.05, 3.63) is 47.5 Å². The highest BCUT2D eigenvalue weighted by molar-refractivity contribution is 14.0.